The van der Waals surface area contributed by atoms with Crippen LogP contribution in [0, 0.1) is 0 Å². The fourth-order valence-electron chi connectivity index (χ4n) is 6.59. The van der Waals surface area contributed by atoms with E-state index in [9.17, 15) is 14.4 Å². The van der Waals surface area contributed by atoms with Gasteiger partial charge < -0.3 is 14.2 Å². The summed E-state index contributed by atoms with van der Waals surface area (Å²) in [5, 5.41) is 0. The first-order valence-electron chi connectivity index (χ1n) is 24.1. The summed E-state index contributed by atoms with van der Waals surface area (Å²) in [7, 11) is 0. The third kappa shape index (κ3) is 44.3. The molecule has 0 aliphatic heterocycles. The number of hydrogen-bond donors (Lipinski definition) is 0. The number of ether oxygens (including phenoxy) is 3. The largest absolute Gasteiger partial charge is 0.462 e. The molecule has 0 rings (SSSR count). The van der Waals surface area contributed by atoms with Crippen molar-refractivity contribution in [3.63, 3.8) is 0 Å². The minimum atomic E-state index is -0.791. The highest BCUT2D eigenvalue weighted by Crippen LogP contribution is 2.13. The average molecular weight is 799 g/mol. The van der Waals surface area contributed by atoms with E-state index in [0.29, 0.717) is 25.7 Å². The van der Waals surface area contributed by atoms with Gasteiger partial charge in [-0.05, 0) is 96.3 Å². The van der Waals surface area contributed by atoms with Crippen LogP contribution in [-0.4, -0.2) is 37.2 Å². The van der Waals surface area contributed by atoms with Crippen LogP contribution in [0.2, 0.25) is 0 Å². The number of carbonyl (C=O) groups is 3. The summed E-state index contributed by atoms with van der Waals surface area (Å²) in [6.07, 6.45) is 53.9. The molecule has 57 heavy (non-hydrogen) atoms. The molecule has 1 unspecified atom stereocenters. The first-order valence-corrected chi connectivity index (χ1v) is 24.1. The lowest BCUT2D eigenvalue weighted by Gasteiger charge is -2.18. The number of rotatable bonds is 43. The molecular weight excluding hydrogens is 709 g/mol. The van der Waals surface area contributed by atoms with Crippen molar-refractivity contribution in [3.8, 4) is 0 Å². The molecule has 0 N–H and O–H groups in total. The lowest BCUT2D eigenvalue weighted by Crippen LogP contribution is -2.30. The predicted octanol–water partition coefficient (Wildman–Crippen LogP) is 15.5. The van der Waals surface area contributed by atoms with Crippen LogP contribution >= 0.6 is 0 Å². The van der Waals surface area contributed by atoms with Gasteiger partial charge in [0.15, 0.2) is 6.10 Å². The van der Waals surface area contributed by atoms with E-state index in [0.717, 1.165) is 77.0 Å². The monoisotopic (exact) mass is 799 g/mol. The van der Waals surface area contributed by atoms with E-state index in [1.54, 1.807) is 0 Å². The van der Waals surface area contributed by atoms with Gasteiger partial charge in [0.2, 0.25) is 0 Å². The first kappa shape index (κ1) is 54.4. The molecule has 0 fully saturated rings. The highest BCUT2D eigenvalue weighted by molar-refractivity contribution is 5.71. The standard InChI is InChI=1S/C51H90O6/c1-4-7-10-13-16-19-21-23-24-25-26-28-29-32-35-38-41-44-50(53)56-47-48(46-55-49(52)43-40-37-34-31-18-15-12-9-6-3)57-51(54)45-42-39-36-33-30-27-22-20-17-14-11-8-5-2/h16,19,23-24,27,30-31,34,48H,4-15,17-18,20-22,25-26,28-29,32-33,35-47H2,1-3H3/b19-16-,24-23-,30-27-,34-31-. The topological polar surface area (TPSA) is 78.9 Å². The van der Waals surface area contributed by atoms with Gasteiger partial charge in [-0.2, -0.15) is 0 Å². The van der Waals surface area contributed by atoms with Gasteiger partial charge in [-0.3, -0.25) is 14.4 Å². The van der Waals surface area contributed by atoms with Crippen LogP contribution in [0.4, 0.5) is 0 Å². The predicted molar refractivity (Wildman–Crippen MR) is 242 cm³/mol. The molecule has 0 aliphatic rings. The maximum Gasteiger partial charge on any atom is 0.306 e. The molecule has 1 atom stereocenters. The molecule has 0 saturated heterocycles. The van der Waals surface area contributed by atoms with Crippen LogP contribution < -0.4 is 0 Å². The minimum absolute atomic E-state index is 0.0916. The lowest BCUT2D eigenvalue weighted by atomic mass is 10.1. The van der Waals surface area contributed by atoms with Gasteiger partial charge in [0.1, 0.15) is 13.2 Å². The maximum atomic E-state index is 12.7. The van der Waals surface area contributed by atoms with Crippen LogP contribution in [0.15, 0.2) is 48.6 Å². The zero-order chi connectivity index (χ0) is 41.5. The Balaban J connectivity index is 4.37. The molecule has 330 valence electrons. The Hall–Kier alpha value is -2.63. The van der Waals surface area contributed by atoms with Gasteiger partial charge in [-0.25, -0.2) is 0 Å². The Bertz CT molecular complexity index is 1010. The van der Waals surface area contributed by atoms with E-state index in [-0.39, 0.29) is 31.1 Å². The zero-order valence-electron chi connectivity index (χ0n) is 37.6. The van der Waals surface area contributed by atoms with Crippen LogP contribution in [0.25, 0.3) is 0 Å². The van der Waals surface area contributed by atoms with E-state index < -0.39 is 6.10 Å². The molecule has 0 aromatic carbocycles. The molecule has 0 bridgehead atoms. The third-order valence-electron chi connectivity index (χ3n) is 10.3. The van der Waals surface area contributed by atoms with Gasteiger partial charge >= 0.3 is 17.9 Å². The summed E-state index contributed by atoms with van der Waals surface area (Å²) < 4.78 is 16.7. The Labute approximate surface area is 352 Å². The fraction of sp³-hybridized carbons (Fsp3) is 0.784. The Morgan fingerprint density at radius 3 is 1.12 bits per heavy atom. The van der Waals surface area contributed by atoms with Crippen molar-refractivity contribution in [1.82, 2.24) is 0 Å². The van der Waals surface area contributed by atoms with Gasteiger partial charge in [0.25, 0.3) is 0 Å². The van der Waals surface area contributed by atoms with Gasteiger partial charge in [0, 0.05) is 19.3 Å². The molecule has 0 saturated carbocycles. The number of hydrogen-bond acceptors (Lipinski definition) is 6. The van der Waals surface area contributed by atoms with Crippen molar-refractivity contribution in [2.75, 3.05) is 13.2 Å². The highest BCUT2D eigenvalue weighted by atomic mass is 16.6. The average Bonchev–Trinajstić information content (AvgIpc) is 3.21. The van der Waals surface area contributed by atoms with Crippen molar-refractivity contribution in [3.05, 3.63) is 48.6 Å². The SMILES string of the molecule is CCCCC/C=C\C/C=C\CCCCCCCCCC(=O)OCC(COC(=O)CCC/C=C\CCCCCC)OC(=O)CCCCC/C=C\CCCCCCCC. The Kier molecular flexibility index (Phi) is 43.9. The van der Waals surface area contributed by atoms with E-state index in [1.165, 1.54) is 116 Å². The second-order valence-electron chi connectivity index (χ2n) is 16.0. The summed E-state index contributed by atoms with van der Waals surface area (Å²) in [5.74, 6) is -0.951. The van der Waals surface area contributed by atoms with Crippen LogP contribution in [0.3, 0.4) is 0 Å². The second kappa shape index (κ2) is 46.1. The van der Waals surface area contributed by atoms with Crippen molar-refractivity contribution >= 4 is 17.9 Å². The summed E-state index contributed by atoms with van der Waals surface area (Å²) >= 11 is 0. The summed E-state index contributed by atoms with van der Waals surface area (Å²) in [6, 6.07) is 0. The van der Waals surface area contributed by atoms with Gasteiger partial charge in [-0.15, -0.1) is 0 Å². The third-order valence-corrected chi connectivity index (χ3v) is 10.3. The summed E-state index contributed by atoms with van der Waals surface area (Å²) in [5.41, 5.74) is 0. The zero-order valence-corrected chi connectivity index (χ0v) is 37.6. The lowest BCUT2D eigenvalue weighted by molar-refractivity contribution is -0.167. The molecule has 0 spiro atoms. The normalized spacial score (nSPS) is 12.4. The molecule has 0 aromatic heterocycles. The van der Waals surface area contributed by atoms with E-state index >= 15 is 0 Å². The molecule has 0 aromatic rings. The number of allylic oxidation sites excluding steroid dienone is 8. The van der Waals surface area contributed by atoms with E-state index in [4.69, 9.17) is 14.2 Å². The second-order valence-corrected chi connectivity index (χ2v) is 16.0. The van der Waals surface area contributed by atoms with Crippen molar-refractivity contribution in [2.45, 2.75) is 245 Å². The molecule has 0 aliphatic carbocycles. The molecule has 6 nitrogen and oxygen atoms in total. The van der Waals surface area contributed by atoms with Crippen molar-refractivity contribution < 1.29 is 28.6 Å². The van der Waals surface area contributed by atoms with Gasteiger partial charge in [-0.1, -0.05) is 172 Å². The number of carbonyl (C=O) groups excluding carboxylic acids is 3. The van der Waals surface area contributed by atoms with E-state index in [1.807, 2.05) is 0 Å². The number of esters is 3. The number of unbranched alkanes of at least 4 members (excludes halogenated alkanes) is 24. The fourth-order valence-corrected chi connectivity index (χ4v) is 6.59. The van der Waals surface area contributed by atoms with E-state index in [2.05, 4.69) is 69.4 Å². The summed E-state index contributed by atoms with van der Waals surface area (Å²) in [6.45, 7) is 6.52. The quantitative estimate of drug-likeness (QED) is 0.0265. The van der Waals surface area contributed by atoms with Crippen LogP contribution in [0.1, 0.15) is 239 Å². The molecular formula is C51H90O6. The molecule has 0 amide bonds. The van der Waals surface area contributed by atoms with Crippen LogP contribution in [0.5, 0.6) is 0 Å². The molecule has 0 heterocycles. The molecule has 0 radical (unpaired) electrons. The maximum absolute atomic E-state index is 12.7. The highest BCUT2D eigenvalue weighted by Gasteiger charge is 2.19. The Morgan fingerprint density at radius 2 is 0.649 bits per heavy atom. The van der Waals surface area contributed by atoms with Crippen LogP contribution in [-0.2, 0) is 28.6 Å². The first-order chi connectivity index (χ1) is 28.0. The van der Waals surface area contributed by atoms with Crippen molar-refractivity contribution in [1.29, 1.82) is 0 Å². The molecule has 6 heteroatoms. The van der Waals surface area contributed by atoms with Crippen molar-refractivity contribution in [2.24, 2.45) is 0 Å². The summed E-state index contributed by atoms with van der Waals surface area (Å²) in [4.78, 5) is 37.7. The van der Waals surface area contributed by atoms with Gasteiger partial charge in [0.05, 0.1) is 0 Å². The Morgan fingerprint density at radius 1 is 0.351 bits per heavy atom. The minimum Gasteiger partial charge on any atom is -0.462 e. The smallest absolute Gasteiger partial charge is 0.306 e.